The Morgan fingerprint density at radius 2 is 1.70 bits per heavy atom. The van der Waals surface area contributed by atoms with Crippen LogP contribution in [0.2, 0.25) is 0 Å². The Morgan fingerprint density at radius 3 is 2.17 bits per heavy atom. The van der Waals surface area contributed by atoms with Crippen molar-refractivity contribution < 1.29 is 14.7 Å². The predicted molar refractivity (Wildman–Crippen MR) is 86.3 cm³/mol. The molecule has 0 saturated heterocycles. The van der Waals surface area contributed by atoms with Crippen molar-refractivity contribution in [3.05, 3.63) is 58.6 Å². The Bertz CT molecular complexity index is 720. The molecule has 1 aliphatic rings. The lowest BCUT2D eigenvalue weighted by Gasteiger charge is -2.32. The summed E-state index contributed by atoms with van der Waals surface area (Å²) in [7, 11) is 0. The molecule has 1 amide bonds. The molecule has 2 aromatic rings. The van der Waals surface area contributed by atoms with Gasteiger partial charge in [-0.25, -0.2) is 0 Å². The number of anilines is 2. The zero-order valence-electron chi connectivity index (χ0n) is 12.3. The molecule has 0 fully saturated rings. The minimum atomic E-state index is -1.13. The fourth-order valence-corrected chi connectivity index (χ4v) is 3.54. The molecular formula is C16H14N2O4S. The fraction of sp³-hybridized carbons (Fsp3) is 0.188. The van der Waals surface area contributed by atoms with Crippen molar-refractivity contribution in [2.45, 2.75) is 29.2 Å². The van der Waals surface area contributed by atoms with Gasteiger partial charge in [0.2, 0.25) is 0 Å². The second-order valence-electron chi connectivity index (χ2n) is 4.94. The summed E-state index contributed by atoms with van der Waals surface area (Å²) in [4.78, 5) is 31.5. The molecule has 0 aliphatic carbocycles. The van der Waals surface area contributed by atoms with Gasteiger partial charge in [-0.15, -0.1) is 10.1 Å². The second-order valence-corrected chi connectivity index (χ2v) is 6.02. The lowest BCUT2D eigenvalue weighted by Crippen LogP contribution is -2.39. The van der Waals surface area contributed by atoms with Gasteiger partial charge in [0.15, 0.2) is 6.10 Å². The zero-order valence-corrected chi connectivity index (χ0v) is 13.2. The summed E-state index contributed by atoms with van der Waals surface area (Å²) >= 11 is 1.57. The average Bonchev–Trinajstić information content (AvgIpc) is 2.56. The average molecular weight is 330 g/mol. The van der Waals surface area contributed by atoms with E-state index < -0.39 is 17.1 Å². The third kappa shape index (κ3) is 2.87. The molecule has 3 rings (SSSR count). The quantitative estimate of drug-likeness (QED) is 0.630. The Kier molecular flexibility index (Phi) is 4.20. The summed E-state index contributed by atoms with van der Waals surface area (Å²) in [5.41, 5.74) is 1.43. The SMILES string of the molecule is CCC(O[N+](=O)[O-])C(=O)N1c2ccccc2Sc2ccccc21. The molecule has 1 aliphatic heterocycles. The number of rotatable bonds is 4. The Morgan fingerprint density at radius 1 is 1.17 bits per heavy atom. The minimum Gasteiger partial charge on any atom is -0.301 e. The zero-order chi connectivity index (χ0) is 16.4. The first-order valence-corrected chi connectivity index (χ1v) is 7.94. The van der Waals surface area contributed by atoms with Crippen LogP contribution in [-0.4, -0.2) is 17.1 Å². The number of carbonyl (C=O) groups excluding carboxylic acids is 1. The van der Waals surface area contributed by atoms with Crippen LogP contribution in [0, 0.1) is 10.1 Å². The lowest BCUT2D eigenvalue weighted by molar-refractivity contribution is -0.764. The Labute approximate surface area is 137 Å². The van der Waals surface area contributed by atoms with E-state index in [1.807, 2.05) is 48.5 Å². The first kappa shape index (κ1) is 15.4. The normalized spacial score (nSPS) is 13.7. The standard InChI is InChI=1S/C16H14N2O4S/c1-2-13(22-18(20)21)16(19)17-11-7-3-5-9-14(11)23-15-10-6-4-8-12(15)17/h3-10,13H,2H2,1H3. The molecule has 0 aromatic heterocycles. The van der Waals surface area contributed by atoms with Crippen molar-refractivity contribution in [1.82, 2.24) is 0 Å². The smallest absolute Gasteiger partial charge is 0.295 e. The molecule has 7 heteroatoms. The molecular weight excluding hydrogens is 316 g/mol. The summed E-state index contributed by atoms with van der Waals surface area (Å²) in [5, 5.41) is 9.74. The number of fused-ring (bicyclic) bond motifs is 2. The number of hydrogen-bond donors (Lipinski definition) is 0. The van der Waals surface area contributed by atoms with Crippen molar-refractivity contribution in [2.75, 3.05) is 4.90 Å². The molecule has 1 unspecified atom stereocenters. The van der Waals surface area contributed by atoms with Crippen molar-refractivity contribution in [2.24, 2.45) is 0 Å². The summed E-state index contributed by atoms with van der Waals surface area (Å²) in [5.74, 6) is -0.440. The van der Waals surface area contributed by atoms with Crippen LogP contribution in [0.4, 0.5) is 11.4 Å². The van der Waals surface area contributed by atoms with Gasteiger partial charge >= 0.3 is 0 Å². The summed E-state index contributed by atoms with van der Waals surface area (Å²) in [6, 6.07) is 15.0. The highest BCUT2D eigenvalue weighted by molar-refractivity contribution is 7.99. The van der Waals surface area contributed by atoms with E-state index in [0.717, 1.165) is 9.79 Å². The lowest BCUT2D eigenvalue weighted by atomic mass is 10.1. The van der Waals surface area contributed by atoms with E-state index in [9.17, 15) is 14.9 Å². The molecule has 0 N–H and O–H groups in total. The van der Waals surface area contributed by atoms with E-state index in [2.05, 4.69) is 4.84 Å². The van der Waals surface area contributed by atoms with Gasteiger partial charge in [0.05, 0.1) is 11.4 Å². The molecule has 118 valence electrons. The van der Waals surface area contributed by atoms with Gasteiger partial charge < -0.3 is 4.84 Å². The molecule has 0 bridgehead atoms. The highest BCUT2D eigenvalue weighted by Gasteiger charge is 2.33. The van der Waals surface area contributed by atoms with Crippen molar-refractivity contribution in [3.63, 3.8) is 0 Å². The topological polar surface area (TPSA) is 72.7 Å². The van der Waals surface area contributed by atoms with E-state index in [0.29, 0.717) is 11.4 Å². The van der Waals surface area contributed by atoms with Gasteiger partial charge in [0.25, 0.3) is 11.0 Å². The van der Waals surface area contributed by atoms with Crippen LogP contribution in [-0.2, 0) is 9.63 Å². The summed E-state index contributed by atoms with van der Waals surface area (Å²) in [6.45, 7) is 1.68. The van der Waals surface area contributed by atoms with E-state index in [1.165, 1.54) is 4.90 Å². The number of benzene rings is 2. The van der Waals surface area contributed by atoms with Gasteiger partial charge in [-0.1, -0.05) is 43.0 Å². The van der Waals surface area contributed by atoms with Gasteiger partial charge in [0.1, 0.15) is 0 Å². The predicted octanol–water partition coefficient (Wildman–Crippen LogP) is 3.80. The molecule has 6 nitrogen and oxygen atoms in total. The number of nitrogens with zero attached hydrogens (tertiary/aromatic N) is 2. The molecule has 2 aromatic carbocycles. The highest BCUT2D eigenvalue weighted by atomic mass is 32.2. The van der Waals surface area contributed by atoms with E-state index in [1.54, 1.807) is 18.7 Å². The maximum absolute atomic E-state index is 12.9. The van der Waals surface area contributed by atoms with Crippen LogP contribution in [0.15, 0.2) is 58.3 Å². The van der Waals surface area contributed by atoms with Gasteiger partial charge in [-0.3, -0.25) is 9.69 Å². The minimum absolute atomic E-state index is 0.216. The summed E-state index contributed by atoms with van der Waals surface area (Å²) in [6.07, 6.45) is -0.914. The third-order valence-corrected chi connectivity index (χ3v) is 4.64. The fourth-order valence-electron chi connectivity index (χ4n) is 2.48. The van der Waals surface area contributed by atoms with Crippen LogP contribution in [0.3, 0.4) is 0 Å². The van der Waals surface area contributed by atoms with Gasteiger partial charge in [-0.2, -0.15) is 0 Å². The van der Waals surface area contributed by atoms with Crippen LogP contribution in [0.5, 0.6) is 0 Å². The maximum Gasteiger partial charge on any atom is 0.295 e. The molecule has 23 heavy (non-hydrogen) atoms. The summed E-state index contributed by atoms with van der Waals surface area (Å²) < 4.78 is 0. The number of para-hydroxylation sites is 2. The number of carbonyl (C=O) groups is 1. The molecule has 0 saturated carbocycles. The second kappa shape index (κ2) is 6.29. The van der Waals surface area contributed by atoms with Crippen molar-refractivity contribution >= 4 is 29.0 Å². The number of hydrogen-bond acceptors (Lipinski definition) is 5. The highest BCUT2D eigenvalue weighted by Crippen LogP contribution is 2.48. The van der Waals surface area contributed by atoms with E-state index >= 15 is 0 Å². The van der Waals surface area contributed by atoms with Crippen molar-refractivity contribution in [3.8, 4) is 0 Å². The maximum atomic E-state index is 12.9. The van der Waals surface area contributed by atoms with E-state index in [4.69, 9.17) is 0 Å². The molecule has 0 radical (unpaired) electrons. The van der Waals surface area contributed by atoms with Crippen LogP contribution in [0.25, 0.3) is 0 Å². The Balaban J connectivity index is 2.07. The first-order valence-electron chi connectivity index (χ1n) is 7.13. The van der Waals surface area contributed by atoms with Gasteiger partial charge in [0, 0.05) is 9.79 Å². The van der Waals surface area contributed by atoms with Gasteiger partial charge in [-0.05, 0) is 30.7 Å². The third-order valence-electron chi connectivity index (χ3n) is 3.51. The van der Waals surface area contributed by atoms with Crippen LogP contribution >= 0.6 is 11.8 Å². The monoisotopic (exact) mass is 330 g/mol. The number of amides is 1. The molecule has 1 heterocycles. The molecule has 0 spiro atoms. The molecule has 1 atom stereocenters. The first-order chi connectivity index (χ1) is 11.1. The Hall–Kier alpha value is -2.54. The van der Waals surface area contributed by atoms with Crippen LogP contribution < -0.4 is 4.90 Å². The van der Waals surface area contributed by atoms with Crippen LogP contribution in [0.1, 0.15) is 13.3 Å². The largest absolute Gasteiger partial charge is 0.301 e. The van der Waals surface area contributed by atoms with Crippen molar-refractivity contribution in [1.29, 1.82) is 0 Å². The van der Waals surface area contributed by atoms with E-state index in [-0.39, 0.29) is 6.42 Å².